The molecule has 2 atom stereocenters. The fourth-order valence-electron chi connectivity index (χ4n) is 4.90. The first kappa shape index (κ1) is 37.0. The molecule has 3 aliphatic heterocycles. The van der Waals surface area contributed by atoms with E-state index in [-0.39, 0.29) is 67.9 Å². The summed E-state index contributed by atoms with van der Waals surface area (Å²) in [6, 6.07) is 7.16. The molecule has 14 nitrogen and oxygen atoms in total. The average molecular weight is 680 g/mol. The van der Waals surface area contributed by atoms with Crippen molar-refractivity contribution >= 4 is 41.3 Å². The number of amides is 2. The molecular formula is C35H45N5O9. The van der Waals surface area contributed by atoms with Crippen LogP contribution in [0.15, 0.2) is 36.7 Å². The van der Waals surface area contributed by atoms with E-state index >= 15 is 0 Å². The highest BCUT2D eigenvalue weighted by Gasteiger charge is 2.26. The fourth-order valence-corrected chi connectivity index (χ4v) is 4.90. The molecule has 0 spiro atoms. The number of nitrogens with zero attached hydrogens (tertiary/aromatic N) is 3. The fraction of sp³-hybridized carbons (Fsp3) is 0.486. The van der Waals surface area contributed by atoms with Gasteiger partial charge in [-0.2, -0.15) is 0 Å². The van der Waals surface area contributed by atoms with Crippen molar-refractivity contribution in [2.24, 2.45) is 5.41 Å². The first-order chi connectivity index (χ1) is 23.4. The van der Waals surface area contributed by atoms with E-state index in [0.29, 0.717) is 23.3 Å². The van der Waals surface area contributed by atoms with Crippen LogP contribution in [0.3, 0.4) is 0 Å². The molecule has 3 heterocycles. The van der Waals surface area contributed by atoms with Crippen molar-refractivity contribution in [3.05, 3.63) is 47.8 Å². The highest BCUT2D eigenvalue weighted by atomic mass is 16.7. The van der Waals surface area contributed by atoms with Crippen LogP contribution < -0.4 is 10.6 Å². The minimum absolute atomic E-state index is 0.0252. The van der Waals surface area contributed by atoms with Crippen LogP contribution in [0.2, 0.25) is 0 Å². The number of hydrogen-bond donors (Lipinski definition) is 3. The van der Waals surface area contributed by atoms with Crippen molar-refractivity contribution in [2.75, 3.05) is 31.7 Å². The number of aromatic nitrogens is 3. The number of fused-ring (bicyclic) bond motifs is 1. The van der Waals surface area contributed by atoms with Gasteiger partial charge in [-0.1, -0.05) is 32.9 Å². The van der Waals surface area contributed by atoms with E-state index in [0.717, 1.165) is 19.3 Å². The van der Waals surface area contributed by atoms with E-state index in [9.17, 15) is 24.3 Å². The van der Waals surface area contributed by atoms with Crippen LogP contribution >= 0.6 is 0 Å². The van der Waals surface area contributed by atoms with E-state index in [2.05, 4.69) is 20.6 Å². The Bertz CT molecular complexity index is 1600. The Kier molecular flexibility index (Phi) is 12.9. The maximum atomic E-state index is 13.2. The van der Waals surface area contributed by atoms with Gasteiger partial charge in [-0.3, -0.25) is 19.0 Å². The Morgan fingerprint density at radius 2 is 1.80 bits per heavy atom. The molecule has 49 heavy (non-hydrogen) atoms. The molecule has 0 bridgehead atoms. The Hall–Kier alpha value is -4.82. The van der Waals surface area contributed by atoms with Gasteiger partial charge in [0.1, 0.15) is 18.2 Å². The maximum absolute atomic E-state index is 13.2. The van der Waals surface area contributed by atoms with Gasteiger partial charge in [-0.05, 0) is 63.3 Å². The number of carbonyl (C=O) groups excluding carboxylic acids is 4. The first-order valence-electron chi connectivity index (χ1n) is 16.4. The molecule has 0 radical (unpaired) electrons. The molecule has 264 valence electrons. The minimum atomic E-state index is -1.04. The van der Waals surface area contributed by atoms with Crippen molar-refractivity contribution in [2.45, 2.75) is 79.1 Å². The molecule has 3 aliphatic rings. The van der Waals surface area contributed by atoms with E-state index in [1.54, 1.807) is 71.2 Å². The molecular weight excluding hydrogens is 634 g/mol. The molecule has 0 aliphatic carbocycles. The van der Waals surface area contributed by atoms with Crippen LogP contribution in [0.5, 0.6) is 5.88 Å². The van der Waals surface area contributed by atoms with Crippen LogP contribution in [0, 0.1) is 5.41 Å². The summed E-state index contributed by atoms with van der Waals surface area (Å²) in [7, 11) is 0. The van der Waals surface area contributed by atoms with Gasteiger partial charge in [0.05, 0.1) is 25.4 Å². The Labute approximate surface area is 285 Å². The molecule has 1 unspecified atom stereocenters. The highest BCUT2D eigenvalue weighted by molar-refractivity contribution is 5.97. The van der Waals surface area contributed by atoms with Crippen molar-refractivity contribution in [1.82, 2.24) is 19.9 Å². The van der Waals surface area contributed by atoms with Crippen LogP contribution in [-0.4, -0.2) is 82.2 Å². The Morgan fingerprint density at radius 3 is 2.45 bits per heavy atom. The summed E-state index contributed by atoms with van der Waals surface area (Å²) in [6.45, 7) is 9.76. The molecule has 1 aromatic rings. The topological polar surface area (TPSA) is 180 Å². The lowest BCUT2D eigenvalue weighted by atomic mass is 9.96. The number of nitrogens with one attached hydrogen (secondary N) is 2. The number of carbonyl (C=O) groups is 4. The van der Waals surface area contributed by atoms with Crippen molar-refractivity contribution in [1.29, 1.82) is 0 Å². The predicted molar refractivity (Wildman–Crippen MR) is 180 cm³/mol. The number of esters is 2. The molecule has 14 heteroatoms. The zero-order valence-corrected chi connectivity index (χ0v) is 28.6. The molecule has 0 saturated carbocycles. The normalized spacial score (nSPS) is 15.8. The summed E-state index contributed by atoms with van der Waals surface area (Å²) in [5, 5.41) is 16.6. The van der Waals surface area contributed by atoms with Gasteiger partial charge in [0.15, 0.2) is 12.1 Å². The number of ether oxygens (including phenoxy) is 4. The second kappa shape index (κ2) is 17.0. The van der Waals surface area contributed by atoms with Gasteiger partial charge in [-0.15, -0.1) is 0 Å². The zero-order chi connectivity index (χ0) is 35.6. The lowest BCUT2D eigenvalue weighted by molar-refractivity contribution is -0.154. The van der Waals surface area contributed by atoms with Gasteiger partial charge in [-0.25, -0.2) is 14.8 Å². The van der Waals surface area contributed by atoms with Crippen molar-refractivity contribution in [3.8, 4) is 17.3 Å². The molecule has 1 aromatic carbocycles. The number of hydrogen-bond acceptors (Lipinski definition) is 11. The highest BCUT2D eigenvalue weighted by Crippen LogP contribution is 2.33. The molecule has 2 amide bonds. The smallest absolute Gasteiger partial charge is 0.328 e. The Morgan fingerprint density at radius 1 is 1.08 bits per heavy atom. The zero-order valence-electron chi connectivity index (χ0n) is 28.6. The summed E-state index contributed by atoms with van der Waals surface area (Å²) >= 11 is 0. The molecule has 4 rings (SSSR count). The van der Waals surface area contributed by atoms with Crippen LogP contribution in [0.4, 0.5) is 5.82 Å². The predicted octanol–water partition coefficient (Wildman–Crippen LogP) is 4.62. The van der Waals surface area contributed by atoms with Gasteiger partial charge in [0, 0.05) is 35.8 Å². The number of benzene rings is 1. The number of aromatic hydroxyl groups is 1. The quantitative estimate of drug-likeness (QED) is 0.202. The monoisotopic (exact) mass is 679 g/mol. The van der Waals surface area contributed by atoms with E-state index in [1.165, 1.54) is 10.9 Å². The lowest BCUT2D eigenvalue weighted by Crippen LogP contribution is -2.42. The third-order valence-corrected chi connectivity index (χ3v) is 7.66. The summed E-state index contributed by atoms with van der Waals surface area (Å²) in [5.74, 6) is -1.48. The molecule has 1 fully saturated rings. The van der Waals surface area contributed by atoms with Crippen LogP contribution in [-0.2, 0) is 33.3 Å². The van der Waals surface area contributed by atoms with Gasteiger partial charge in [0.25, 0.3) is 5.91 Å². The van der Waals surface area contributed by atoms with E-state index in [1.807, 2.05) is 0 Å². The lowest BCUT2D eigenvalue weighted by Gasteiger charge is -2.23. The molecule has 0 aromatic heterocycles. The van der Waals surface area contributed by atoms with Crippen molar-refractivity contribution in [3.63, 3.8) is 0 Å². The summed E-state index contributed by atoms with van der Waals surface area (Å²) in [5.41, 5.74) is 1.30. The summed E-state index contributed by atoms with van der Waals surface area (Å²) in [6.07, 6.45) is 5.34. The number of anilines is 1. The largest absolute Gasteiger partial charge is 0.494 e. The van der Waals surface area contributed by atoms with E-state index in [4.69, 9.17) is 18.9 Å². The van der Waals surface area contributed by atoms with Gasteiger partial charge < -0.3 is 34.7 Å². The molecule has 1 saturated heterocycles. The summed E-state index contributed by atoms with van der Waals surface area (Å²) < 4.78 is 23.3. The SMILES string of the molecule is CCOC(=O)CC[C@H](NC(=O)c1ccc(C(=Cn2cnc3nc(NC(=O)C(C)(C)C)cc-3c2O)COC2CCCCO2)cc1)C(=O)OCC. The number of rotatable bonds is 14. The van der Waals surface area contributed by atoms with Crippen molar-refractivity contribution < 1.29 is 43.2 Å². The van der Waals surface area contributed by atoms with Crippen LogP contribution in [0.1, 0.15) is 82.6 Å². The molecule has 3 N–H and O–H groups in total. The minimum Gasteiger partial charge on any atom is -0.494 e. The second-order valence-electron chi connectivity index (χ2n) is 12.5. The maximum Gasteiger partial charge on any atom is 0.328 e. The second-order valence-corrected chi connectivity index (χ2v) is 12.5. The third-order valence-electron chi connectivity index (χ3n) is 7.66. The van der Waals surface area contributed by atoms with Gasteiger partial charge >= 0.3 is 11.9 Å². The van der Waals surface area contributed by atoms with Gasteiger partial charge in [0.2, 0.25) is 11.8 Å². The van der Waals surface area contributed by atoms with Crippen LogP contribution in [0.25, 0.3) is 23.2 Å². The first-order valence-corrected chi connectivity index (χ1v) is 16.4. The summed E-state index contributed by atoms with van der Waals surface area (Å²) in [4.78, 5) is 58.7. The Balaban J connectivity index is 1.58. The third kappa shape index (κ3) is 10.3. The average Bonchev–Trinajstić information content (AvgIpc) is 3.49. The standard InChI is InChI=1S/C35H45N5O9/c1-6-46-28(41)16-15-26(33(44)47-7-2)37-31(42)23-13-11-22(12-14-23)24(20-49-29-10-8-9-17-48-29)19-40-21-36-30-25(32(40)43)18-27(38-30)39-34(45)35(3,4)5/h11-14,18-19,21,26,29,43H,6-10,15-17,20H2,1-5H3,(H,37,42)(H,39,45)/t26-,29?/m0/s1. The van der Waals surface area contributed by atoms with E-state index < -0.39 is 29.3 Å².